The number of aliphatic hydroxyl groups excluding tert-OH is 1. The number of nitrogens with two attached hydrogens (primary N) is 1. The van der Waals surface area contributed by atoms with Crippen molar-refractivity contribution in [3.8, 4) is 0 Å². The summed E-state index contributed by atoms with van der Waals surface area (Å²) in [6, 6.07) is 1.11. The number of halogens is 2. The van der Waals surface area contributed by atoms with E-state index in [1.807, 2.05) is 0 Å². The van der Waals surface area contributed by atoms with Crippen LogP contribution in [0.2, 0.25) is 0 Å². The maximum atomic E-state index is 13.7. The van der Waals surface area contributed by atoms with Crippen LogP contribution in [-0.4, -0.2) is 39.9 Å². The monoisotopic (exact) mass is 356 g/mol. The molecule has 9 heteroatoms. The highest BCUT2D eigenvalue weighted by Gasteiger charge is 2.24. The molecule has 0 aliphatic rings. The molecule has 19 heavy (non-hydrogen) atoms. The molecule has 1 aromatic rings. The maximum Gasteiger partial charge on any atom is 0.243 e. The van der Waals surface area contributed by atoms with Gasteiger partial charge in [0.05, 0.1) is 19.3 Å². The number of aliphatic hydroxyl groups is 1. The Bertz CT molecular complexity index is 553. The molecular weight excluding hydrogens is 343 g/mol. The van der Waals surface area contributed by atoms with Gasteiger partial charge in [-0.05, 0) is 28.1 Å². The first kappa shape index (κ1) is 16.3. The molecule has 0 aliphatic heterocycles. The van der Waals surface area contributed by atoms with Gasteiger partial charge in [0.1, 0.15) is 10.7 Å². The summed E-state index contributed by atoms with van der Waals surface area (Å²) in [4.78, 5) is -0.581. The highest BCUT2D eigenvalue weighted by Crippen LogP contribution is 2.26. The first-order valence-electron chi connectivity index (χ1n) is 5.18. The van der Waals surface area contributed by atoms with Gasteiger partial charge in [-0.15, -0.1) is 0 Å². The number of nitrogen functional groups attached to an aromatic ring is 1. The van der Waals surface area contributed by atoms with Crippen molar-refractivity contribution in [2.24, 2.45) is 0 Å². The standard InChI is InChI=1S/C10H14BrFN2O4S/c1-18-5-6(4-15)14-19(16,17)10-3-9(13)7(11)2-8(10)12/h2-3,6,14-15H,4-5,13H2,1H3. The second kappa shape index (κ2) is 6.62. The number of sulfonamides is 1. The molecule has 0 bridgehead atoms. The van der Waals surface area contributed by atoms with Crippen LogP contribution in [0, 0.1) is 5.82 Å². The number of hydrogen-bond acceptors (Lipinski definition) is 5. The van der Waals surface area contributed by atoms with Crippen molar-refractivity contribution in [2.75, 3.05) is 26.1 Å². The predicted molar refractivity (Wildman–Crippen MR) is 71.6 cm³/mol. The Labute approximate surface area is 118 Å². The fourth-order valence-corrected chi connectivity index (χ4v) is 2.98. The van der Waals surface area contributed by atoms with Gasteiger partial charge in [0.25, 0.3) is 0 Å². The Morgan fingerprint density at radius 1 is 1.58 bits per heavy atom. The molecule has 0 fully saturated rings. The summed E-state index contributed by atoms with van der Waals surface area (Å²) in [7, 11) is -2.77. The predicted octanol–water partition coefficient (Wildman–Crippen LogP) is 0.456. The van der Waals surface area contributed by atoms with Crippen molar-refractivity contribution in [2.45, 2.75) is 10.9 Å². The molecular formula is C10H14BrFN2O4S. The molecule has 1 atom stereocenters. The van der Waals surface area contributed by atoms with Gasteiger partial charge in [-0.2, -0.15) is 0 Å². The number of benzene rings is 1. The highest BCUT2D eigenvalue weighted by atomic mass is 79.9. The van der Waals surface area contributed by atoms with Crippen molar-refractivity contribution in [3.63, 3.8) is 0 Å². The lowest BCUT2D eigenvalue weighted by molar-refractivity contribution is 0.139. The Hall–Kier alpha value is -0.740. The van der Waals surface area contributed by atoms with Gasteiger partial charge in [-0.25, -0.2) is 17.5 Å². The smallest absolute Gasteiger partial charge is 0.243 e. The quantitative estimate of drug-likeness (QED) is 0.642. The van der Waals surface area contributed by atoms with Crippen LogP contribution in [0.5, 0.6) is 0 Å². The van der Waals surface area contributed by atoms with Gasteiger partial charge in [0, 0.05) is 17.3 Å². The molecule has 0 saturated heterocycles. The largest absolute Gasteiger partial charge is 0.398 e. The van der Waals surface area contributed by atoms with Crippen molar-refractivity contribution in [3.05, 3.63) is 22.4 Å². The molecule has 108 valence electrons. The molecule has 1 aromatic carbocycles. The van der Waals surface area contributed by atoms with E-state index >= 15 is 0 Å². The first-order valence-corrected chi connectivity index (χ1v) is 7.46. The van der Waals surface area contributed by atoms with Crippen LogP contribution in [0.3, 0.4) is 0 Å². The molecule has 0 aromatic heterocycles. The third-order valence-electron chi connectivity index (χ3n) is 2.25. The van der Waals surface area contributed by atoms with Crippen molar-refractivity contribution in [1.29, 1.82) is 0 Å². The normalized spacial score (nSPS) is 13.5. The fourth-order valence-electron chi connectivity index (χ4n) is 1.36. The van der Waals surface area contributed by atoms with Crippen LogP contribution in [0.15, 0.2) is 21.5 Å². The van der Waals surface area contributed by atoms with E-state index in [4.69, 9.17) is 15.6 Å². The summed E-state index contributed by atoms with van der Waals surface area (Å²) < 4.78 is 44.7. The van der Waals surface area contributed by atoms with E-state index in [-0.39, 0.29) is 16.8 Å². The summed E-state index contributed by atoms with van der Waals surface area (Å²) in [5.41, 5.74) is 5.62. The molecule has 6 nitrogen and oxygen atoms in total. The van der Waals surface area contributed by atoms with E-state index in [0.717, 1.165) is 12.1 Å². The van der Waals surface area contributed by atoms with Crippen LogP contribution >= 0.6 is 15.9 Å². The van der Waals surface area contributed by atoms with Crippen LogP contribution in [0.4, 0.5) is 10.1 Å². The number of methoxy groups -OCH3 is 1. The minimum atomic E-state index is -4.13. The third kappa shape index (κ3) is 4.11. The highest BCUT2D eigenvalue weighted by molar-refractivity contribution is 9.10. The van der Waals surface area contributed by atoms with Crippen LogP contribution in [0.1, 0.15) is 0 Å². The number of ether oxygens (including phenoxy) is 1. The topological polar surface area (TPSA) is 102 Å². The number of rotatable bonds is 6. The molecule has 4 N–H and O–H groups in total. The number of nitrogens with one attached hydrogen (secondary N) is 1. The van der Waals surface area contributed by atoms with E-state index in [9.17, 15) is 12.8 Å². The minimum Gasteiger partial charge on any atom is -0.398 e. The van der Waals surface area contributed by atoms with Gasteiger partial charge >= 0.3 is 0 Å². The fraction of sp³-hybridized carbons (Fsp3) is 0.400. The van der Waals surface area contributed by atoms with E-state index in [2.05, 4.69) is 20.7 Å². The lowest BCUT2D eigenvalue weighted by Gasteiger charge is -2.16. The number of hydrogen-bond donors (Lipinski definition) is 3. The van der Waals surface area contributed by atoms with Gasteiger partial charge < -0.3 is 15.6 Å². The molecule has 1 rings (SSSR count). The van der Waals surface area contributed by atoms with Crippen LogP contribution in [-0.2, 0) is 14.8 Å². The third-order valence-corrected chi connectivity index (χ3v) is 4.47. The van der Waals surface area contributed by atoms with Crippen molar-refractivity contribution in [1.82, 2.24) is 4.72 Å². The first-order chi connectivity index (χ1) is 8.81. The zero-order chi connectivity index (χ0) is 14.6. The summed E-state index contributed by atoms with van der Waals surface area (Å²) in [5, 5.41) is 9.00. The molecule has 0 aliphatic carbocycles. The lowest BCUT2D eigenvalue weighted by atomic mass is 10.3. The summed E-state index contributed by atoms with van der Waals surface area (Å²) >= 11 is 3.00. The second-order valence-electron chi connectivity index (χ2n) is 3.76. The van der Waals surface area contributed by atoms with E-state index in [0.29, 0.717) is 0 Å². The average Bonchev–Trinajstić information content (AvgIpc) is 2.32. The molecule has 0 saturated carbocycles. The summed E-state index contributed by atoms with van der Waals surface area (Å²) in [6.07, 6.45) is 0. The van der Waals surface area contributed by atoms with E-state index < -0.39 is 33.4 Å². The number of anilines is 1. The van der Waals surface area contributed by atoms with Gasteiger partial charge in [0.15, 0.2) is 0 Å². The molecule has 0 radical (unpaired) electrons. The van der Waals surface area contributed by atoms with Crippen molar-refractivity contribution < 1.29 is 22.7 Å². The minimum absolute atomic E-state index is 0.0383. The van der Waals surface area contributed by atoms with Gasteiger partial charge in [-0.3, -0.25) is 0 Å². The molecule has 0 heterocycles. The summed E-state index contributed by atoms with van der Waals surface area (Å²) in [5.74, 6) is -0.942. The van der Waals surface area contributed by atoms with Crippen LogP contribution in [0.25, 0.3) is 0 Å². The lowest BCUT2D eigenvalue weighted by Crippen LogP contribution is -2.40. The Morgan fingerprint density at radius 2 is 2.21 bits per heavy atom. The summed E-state index contributed by atoms with van der Waals surface area (Å²) in [6.45, 7) is -0.510. The Kier molecular flexibility index (Phi) is 5.68. The van der Waals surface area contributed by atoms with E-state index in [1.54, 1.807) is 0 Å². The molecule has 0 amide bonds. The SMILES string of the molecule is COCC(CO)NS(=O)(=O)c1cc(N)c(Br)cc1F. The molecule has 0 spiro atoms. The van der Waals surface area contributed by atoms with Crippen molar-refractivity contribution >= 4 is 31.6 Å². The van der Waals surface area contributed by atoms with E-state index in [1.165, 1.54) is 7.11 Å². The zero-order valence-electron chi connectivity index (χ0n) is 10.1. The maximum absolute atomic E-state index is 13.7. The second-order valence-corrected chi connectivity index (χ2v) is 6.30. The Balaban J connectivity index is 3.10. The average molecular weight is 357 g/mol. The van der Waals surface area contributed by atoms with Gasteiger partial charge in [-0.1, -0.05) is 0 Å². The Morgan fingerprint density at radius 3 is 2.74 bits per heavy atom. The van der Waals surface area contributed by atoms with Gasteiger partial charge in [0.2, 0.25) is 10.0 Å². The zero-order valence-corrected chi connectivity index (χ0v) is 12.5. The van der Waals surface area contributed by atoms with Crippen LogP contribution < -0.4 is 10.5 Å². The molecule has 1 unspecified atom stereocenters.